The number of allylic oxidation sites excluding steroid dienone is 1. The van der Waals surface area contributed by atoms with E-state index < -0.39 is 0 Å². The van der Waals surface area contributed by atoms with Crippen molar-refractivity contribution in [1.29, 1.82) is 0 Å². The zero-order valence-corrected chi connectivity index (χ0v) is 12.1. The number of ketones is 3. The molecule has 0 spiro atoms. The molecule has 2 rings (SSSR count). The minimum Gasteiger partial charge on any atom is -0.299 e. The first-order chi connectivity index (χ1) is 10.6. The fourth-order valence-electron chi connectivity index (χ4n) is 1.97. The van der Waals surface area contributed by atoms with Crippen molar-refractivity contribution in [2.24, 2.45) is 0 Å². The maximum Gasteiger partial charge on any atom is 0.170 e. The molecule has 0 aliphatic rings. The predicted octanol–water partition coefficient (Wildman–Crippen LogP) is 3.50. The van der Waals surface area contributed by atoms with Crippen LogP contribution in [0.3, 0.4) is 0 Å². The van der Waals surface area contributed by atoms with Crippen molar-refractivity contribution in [2.45, 2.75) is 12.8 Å². The number of hydrogen-bond donors (Lipinski definition) is 0. The lowest BCUT2D eigenvalue weighted by atomic mass is 10.0. The normalized spacial score (nSPS) is 10.5. The van der Waals surface area contributed by atoms with Crippen LogP contribution in [0.15, 0.2) is 66.7 Å². The second-order valence-corrected chi connectivity index (χ2v) is 4.89. The van der Waals surface area contributed by atoms with Crippen LogP contribution in [-0.2, 0) is 9.59 Å². The number of Topliss-reactive ketones (excluding diaryl/α,β-unsaturated/α-hetero) is 2. The Kier molecular flexibility index (Phi) is 5.55. The van der Waals surface area contributed by atoms with Crippen molar-refractivity contribution in [3.63, 3.8) is 0 Å². The van der Waals surface area contributed by atoms with Crippen molar-refractivity contribution in [1.82, 2.24) is 0 Å². The lowest BCUT2D eigenvalue weighted by molar-refractivity contribution is -0.124. The van der Waals surface area contributed by atoms with Gasteiger partial charge >= 0.3 is 0 Å². The first-order valence-electron chi connectivity index (χ1n) is 7.01. The monoisotopic (exact) mass is 292 g/mol. The molecule has 0 aliphatic heterocycles. The van der Waals surface area contributed by atoms with Gasteiger partial charge in [0, 0.05) is 5.56 Å². The van der Waals surface area contributed by atoms with Gasteiger partial charge in [-0.15, -0.1) is 0 Å². The van der Waals surface area contributed by atoms with Gasteiger partial charge in [0.1, 0.15) is 5.78 Å². The molecular weight excluding hydrogens is 276 g/mol. The summed E-state index contributed by atoms with van der Waals surface area (Å²) in [5.74, 6) is -0.920. The summed E-state index contributed by atoms with van der Waals surface area (Å²) in [5, 5.41) is 0. The molecular formula is C19H16O3. The topological polar surface area (TPSA) is 51.2 Å². The molecule has 2 aromatic carbocycles. The lowest BCUT2D eigenvalue weighted by Crippen LogP contribution is -2.11. The summed E-state index contributed by atoms with van der Waals surface area (Å²) in [4.78, 5) is 35.4. The van der Waals surface area contributed by atoms with E-state index >= 15 is 0 Å². The van der Waals surface area contributed by atoms with E-state index in [1.807, 2.05) is 30.3 Å². The first-order valence-corrected chi connectivity index (χ1v) is 7.01. The van der Waals surface area contributed by atoms with Crippen LogP contribution in [0.4, 0.5) is 0 Å². The number of hydrogen-bond acceptors (Lipinski definition) is 3. The molecule has 0 saturated carbocycles. The predicted molar refractivity (Wildman–Crippen MR) is 85.5 cm³/mol. The Morgan fingerprint density at radius 3 is 2.00 bits per heavy atom. The zero-order valence-electron chi connectivity index (χ0n) is 12.1. The second-order valence-electron chi connectivity index (χ2n) is 4.89. The van der Waals surface area contributed by atoms with E-state index in [0.717, 1.165) is 5.56 Å². The molecule has 0 radical (unpaired) electrons. The number of benzene rings is 2. The summed E-state index contributed by atoms with van der Waals surface area (Å²) in [6.07, 6.45) is 2.55. The van der Waals surface area contributed by atoms with E-state index in [9.17, 15) is 14.4 Å². The average molecular weight is 292 g/mol. The van der Waals surface area contributed by atoms with Crippen LogP contribution in [0.25, 0.3) is 6.08 Å². The van der Waals surface area contributed by atoms with E-state index in [-0.39, 0.29) is 30.2 Å². The average Bonchev–Trinajstić information content (AvgIpc) is 2.54. The van der Waals surface area contributed by atoms with Crippen molar-refractivity contribution in [2.75, 3.05) is 0 Å². The van der Waals surface area contributed by atoms with Gasteiger partial charge in [-0.1, -0.05) is 66.7 Å². The fraction of sp³-hybridized carbons (Fsp3) is 0.105. The minimum absolute atomic E-state index is 0.241. The van der Waals surface area contributed by atoms with Gasteiger partial charge in [-0.2, -0.15) is 0 Å². The van der Waals surface area contributed by atoms with E-state index in [4.69, 9.17) is 0 Å². The third kappa shape index (κ3) is 4.94. The van der Waals surface area contributed by atoms with Crippen LogP contribution < -0.4 is 0 Å². The highest BCUT2D eigenvalue weighted by Gasteiger charge is 2.13. The summed E-state index contributed by atoms with van der Waals surface area (Å²) in [6, 6.07) is 18.0. The molecule has 3 heteroatoms. The maximum absolute atomic E-state index is 11.9. The Labute approximate surface area is 129 Å². The van der Waals surface area contributed by atoms with Crippen molar-refractivity contribution < 1.29 is 14.4 Å². The third-order valence-corrected chi connectivity index (χ3v) is 3.09. The molecule has 0 heterocycles. The first kappa shape index (κ1) is 15.6. The van der Waals surface area contributed by atoms with Crippen LogP contribution in [0.5, 0.6) is 0 Å². The SMILES string of the molecule is O=C(C=Cc1ccccc1)CC(=O)CC(=O)c1ccccc1. The molecule has 0 saturated heterocycles. The van der Waals surface area contributed by atoms with Gasteiger partial charge in [0.25, 0.3) is 0 Å². The van der Waals surface area contributed by atoms with Gasteiger partial charge in [0.15, 0.2) is 11.6 Å². The van der Waals surface area contributed by atoms with Gasteiger partial charge in [-0.25, -0.2) is 0 Å². The number of carbonyl (C=O) groups excluding carboxylic acids is 3. The van der Waals surface area contributed by atoms with Crippen LogP contribution in [0.2, 0.25) is 0 Å². The van der Waals surface area contributed by atoms with Gasteiger partial charge in [-0.05, 0) is 11.6 Å². The van der Waals surface area contributed by atoms with Crippen LogP contribution in [-0.4, -0.2) is 17.3 Å². The Balaban J connectivity index is 1.85. The Hall–Kier alpha value is -2.81. The van der Waals surface area contributed by atoms with Crippen LogP contribution in [0, 0.1) is 0 Å². The van der Waals surface area contributed by atoms with Gasteiger partial charge in [-0.3, -0.25) is 14.4 Å². The Morgan fingerprint density at radius 2 is 1.36 bits per heavy atom. The molecule has 3 nitrogen and oxygen atoms in total. The summed E-state index contributed by atoms with van der Waals surface area (Å²) in [6.45, 7) is 0. The summed E-state index contributed by atoms with van der Waals surface area (Å²) < 4.78 is 0. The van der Waals surface area contributed by atoms with Gasteiger partial charge in [0.2, 0.25) is 0 Å². The van der Waals surface area contributed by atoms with E-state index in [0.29, 0.717) is 5.56 Å². The molecule has 0 fully saturated rings. The molecule has 0 atom stereocenters. The van der Waals surface area contributed by atoms with Gasteiger partial charge in [0.05, 0.1) is 12.8 Å². The molecule has 0 N–H and O–H groups in total. The molecule has 0 aliphatic carbocycles. The standard InChI is InChI=1S/C19H16O3/c20-17(12-11-15-7-3-1-4-8-15)13-18(21)14-19(22)16-9-5-2-6-10-16/h1-12H,13-14H2. The van der Waals surface area contributed by atoms with Gasteiger partial charge < -0.3 is 0 Å². The lowest BCUT2D eigenvalue weighted by Gasteiger charge is -1.99. The van der Waals surface area contributed by atoms with Crippen LogP contribution >= 0.6 is 0 Å². The molecule has 110 valence electrons. The number of rotatable bonds is 7. The van der Waals surface area contributed by atoms with E-state index in [1.54, 1.807) is 36.4 Å². The summed E-state index contributed by atoms with van der Waals surface area (Å²) in [5.41, 5.74) is 1.38. The summed E-state index contributed by atoms with van der Waals surface area (Å²) in [7, 11) is 0. The Morgan fingerprint density at radius 1 is 0.773 bits per heavy atom. The number of carbonyl (C=O) groups is 3. The highest BCUT2D eigenvalue weighted by Crippen LogP contribution is 2.06. The molecule has 2 aromatic rings. The molecule has 0 amide bonds. The van der Waals surface area contributed by atoms with Crippen molar-refractivity contribution >= 4 is 23.4 Å². The highest BCUT2D eigenvalue weighted by molar-refractivity contribution is 6.14. The van der Waals surface area contributed by atoms with Crippen LogP contribution in [0.1, 0.15) is 28.8 Å². The zero-order chi connectivity index (χ0) is 15.8. The highest BCUT2D eigenvalue weighted by atomic mass is 16.2. The molecule has 0 bridgehead atoms. The maximum atomic E-state index is 11.9. The molecule has 22 heavy (non-hydrogen) atoms. The smallest absolute Gasteiger partial charge is 0.170 e. The second kappa shape index (κ2) is 7.84. The third-order valence-electron chi connectivity index (χ3n) is 3.09. The minimum atomic E-state index is -0.364. The molecule has 0 aromatic heterocycles. The molecule has 0 unspecified atom stereocenters. The van der Waals surface area contributed by atoms with E-state index in [1.165, 1.54) is 6.08 Å². The Bertz CT molecular complexity index is 685. The van der Waals surface area contributed by atoms with Crippen molar-refractivity contribution in [3.8, 4) is 0 Å². The summed E-state index contributed by atoms with van der Waals surface area (Å²) >= 11 is 0. The fourth-order valence-corrected chi connectivity index (χ4v) is 1.97. The quantitative estimate of drug-likeness (QED) is 0.446. The van der Waals surface area contributed by atoms with Crippen molar-refractivity contribution in [3.05, 3.63) is 77.9 Å². The largest absolute Gasteiger partial charge is 0.299 e. The van der Waals surface area contributed by atoms with E-state index in [2.05, 4.69) is 0 Å².